The van der Waals surface area contributed by atoms with Gasteiger partial charge in [-0.3, -0.25) is 0 Å². The van der Waals surface area contributed by atoms with Crippen LogP contribution in [0.3, 0.4) is 0 Å². The van der Waals surface area contributed by atoms with Crippen LogP contribution in [-0.4, -0.2) is 9.97 Å². The fourth-order valence-electron chi connectivity index (χ4n) is 4.55. The Balaban J connectivity index is 1.23. The fourth-order valence-corrected chi connectivity index (χ4v) is 6.38. The number of nitrogens with zero attached hydrogens (tertiary/aromatic N) is 2. The average molecular weight is 497 g/mol. The SMILES string of the molecule is c1ccc(-c2ncc(-c3ccc4cc5cc(-c6cnc(-c7ccccc7)s6)ccc5cc4c3)s2)cc1. The lowest BCUT2D eigenvalue weighted by Crippen LogP contribution is -1.80. The normalized spacial score (nSPS) is 11.3. The molecule has 0 aliphatic heterocycles. The van der Waals surface area contributed by atoms with Gasteiger partial charge in [0.25, 0.3) is 0 Å². The van der Waals surface area contributed by atoms with E-state index < -0.39 is 0 Å². The first kappa shape index (κ1) is 21.2. The summed E-state index contributed by atoms with van der Waals surface area (Å²) < 4.78 is 0. The maximum atomic E-state index is 4.67. The number of hydrogen-bond donors (Lipinski definition) is 0. The Kier molecular flexibility index (Phi) is 5.20. The lowest BCUT2D eigenvalue weighted by Gasteiger charge is -2.06. The Morgan fingerprint density at radius 1 is 0.389 bits per heavy atom. The second-order valence-corrected chi connectivity index (χ2v) is 10.8. The molecule has 0 N–H and O–H groups in total. The second kappa shape index (κ2) is 8.83. The Morgan fingerprint density at radius 2 is 0.833 bits per heavy atom. The van der Waals surface area contributed by atoms with Gasteiger partial charge < -0.3 is 0 Å². The van der Waals surface area contributed by atoms with E-state index in [4.69, 9.17) is 0 Å². The van der Waals surface area contributed by atoms with Crippen molar-refractivity contribution in [1.29, 1.82) is 0 Å². The summed E-state index contributed by atoms with van der Waals surface area (Å²) in [5, 5.41) is 7.07. The fraction of sp³-hybridized carbons (Fsp3) is 0. The van der Waals surface area contributed by atoms with Gasteiger partial charge in [0.15, 0.2) is 0 Å². The van der Waals surface area contributed by atoms with Crippen LogP contribution in [-0.2, 0) is 0 Å². The molecule has 36 heavy (non-hydrogen) atoms. The summed E-state index contributed by atoms with van der Waals surface area (Å²) in [6, 6.07) is 38.7. The Bertz CT molecular complexity index is 1700. The molecule has 0 amide bonds. The summed E-state index contributed by atoms with van der Waals surface area (Å²) in [4.78, 5) is 11.7. The molecule has 2 heterocycles. The number of fused-ring (bicyclic) bond motifs is 2. The van der Waals surface area contributed by atoms with Crippen molar-refractivity contribution < 1.29 is 0 Å². The lowest BCUT2D eigenvalue weighted by molar-refractivity contribution is 1.41. The quantitative estimate of drug-likeness (QED) is 0.227. The highest BCUT2D eigenvalue weighted by Crippen LogP contribution is 2.36. The maximum Gasteiger partial charge on any atom is 0.123 e. The number of hydrogen-bond acceptors (Lipinski definition) is 4. The highest BCUT2D eigenvalue weighted by molar-refractivity contribution is 7.18. The number of rotatable bonds is 4. The number of thiazole rings is 2. The van der Waals surface area contributed by atoms with Crippen LogP contribution >= 0.6 is 22.7 Å². The first-order valence-corrected chi connectivity index (χ1v) is 13.4. The van der Waals surface area contributed by atoms with Crippen LogP contribution in [0.1, 0.15) is 0 Å². The molecule has 7 rings (SSSR count). The van der Waals surface area contributed by atoms with Crippen LogP contribution < -0.4 is 0 Å². The summed E-state index contributed by atoms with van der Waals surface area (Å²) in [5.41, 5.74) is 4.73. The molecule has 4 heteroatoms. The third kappa shape index (κ3) is 3.91. The highest BCUT2D eigenvalue weighted by atomic mass is 32.1. The molecule has 170 valence electrons. The van der Waals surface area contributed by atoms with Gasteiger partial charge in [-0.15, -0.1) is 22.7 Å². The van der Waals surface area contributed by atoms with E-state index in [2.05, 4.69) is 107 Å². The molecule has 0 unspecified atom stereocenters. The van der Waals surface area contributed by atoms with Crippen molar-refractivity contribution in [3.8, 4) is 42.0 Å². The summed E-state index contributed by atoms with van der Waals surface area (Å²) in [6.07, 6.45) is 3.97. The van der Waals surface area contributed by atoms with Crippen molar-refractivity contribution in [1.82, 2.24) is 9.97 Å². The van der Waals surface area contributed by atoms with Crippen LogP contribution in [0.2, 0.25) is 0 Å². The summed E-state index contributed by atoms with van der Waals surface area (Å²) in [5.74, 6) is 0. The summed E-state index contributed by atoms with van der Waals surface area (Å²) in [7, 11) is 0. The van der Waals surface area contributed by atoms with E-state index in [0.29, 0.717) is 0 Å². The summed E-state index contributed by atoms with van der Waals surface area (Å²) in [6.45, 7) is 0. The standard InChI is InChI=1S/C32H20N2S2/c1-3-7-21(8-4-1)31-33-19-29(35-31)25-13-11-23-16-28-18-26(14-12-24(28)15-27(23)17-25)30-20-34-32(36-30)22-9-5-2-6-10-22/h1-20H. The van der Waals surface area contributed by atoms with Crippen molar-refractivity contribution in [3.05, 3.63) is 122 Å². The number of benzene rings is 5. The second-order valence-electron chi connectivity index (χ2n) is 8.77. The van der Waals surface area contributed by atoms with E-state index in [0.717, 1.165) is 21.1 Å². The maximum absolute atomic E-state index is 4.67. The minimum Gasteiger partial charge on any atom is -0.244 e. The Labute approximate surface area is 217 Å². The van der Waals surface area contributed by atoms with Gasteiger partial charge in [-0.05, 0) is 56.9 Å². The van der Waals surface area contributed by atoms with Gasteiger partial charge in [-0.1, -0.05) is 84.9 Å². The molecule has 0 radical (unpaired) electrons. The van der Waals surface area contributed by atoms with Gasteiger partial charge in [0.1, 0.15) is 10.0 Å². The summed E-state index contributed by atoms with van der Waals surface area (Å²) >= 11 is 3.47. The molecule has 0 fully saturated rings. The zero-order valence-electron chi connectivity index (χ0n) is 19.3. The lowest BCUT2D eigenvalue weighted by atomic mass is 9.99. The van der Waals surface area contributed by atoms with E-state index in [1.165, 1.54) is 42.4 Å². The molecular weight excluding hydrogens is 477 g/mol. The molecule has 0 aliphatic carbocycles. The molecule has 7 aromatic rings. The third-order valence-corrected chi connectivity index (χ3v) is 8.61. The van der Waals surface area contributed by atoms with Gasteiger partial charge >= 0.3 is 0 Å². The first-order valence-electron chi connectivity index (χ1n) is 11.8. The van der Waals surface area contributed by atoms with Crippen LogP contribution in [0.25, 0.3) is 63.6 Å². The van der Waals surface area contributed by atoms with Gasteiger partial charge in [-0.2, -0.15) is 0 Å². The predicted molar refractivity (Wildman–Crippen MR) is 155 cm³/mol. The van der Waals surface area contributed by atoms with E-state index >= 15 is 0 Å². The van der Waals surface area contributed by atoms with Crippen molar-refractivity contribution in [3.63, 3.8) is 0 Å². The molecule has 0 bridgehead atoms. The minimum absolute atomic E-state index is 1.05. The minimum atomic E-state index is 1.05. The molecular formula is C32H20N2S2. The van der Waals surface area contributed by atoms with Crippen LogP contribution in [0.5, 0.6) is 0 Å². The van der Waals surface area contributed by atoms with Crippen molar-refractivity contribution >= 4 is 44.2 Å². The highest BCUT2D eigenvalue weighted by Gasteiger charge is 2.10. The zero-order chi connectivity index (χ0) is 23.9. The largest absolute Gasteiger partial charge is 0.244 e. The van der Waals surface area contributed by atoms with Crippen LogP contribution in [0, 0.1) is 0 Å². The van der Waals surface area contributed by atoms with Gasteiger partial charge in [0.2, 0.25) is 0 Å². The molecule has 0 saturated carbocycles. The molecule has 0 aliphatic rings. The molecule has 5 aromatic carbocycles. The van der Waals surface area contributed by atoms with Crippen molar-refractivity contribution in [2.24, 2.45) is 0 Å². The first-order chi connectivity index (χ1) is 17.8. The topological polar surface area (TPSA) is 25.8 Å². The molecule has 0 saturated heterocycles. The smallest absolute Gasteiger partial charge is 0.123 e. The molecule has 2 aromatic heterocycles. The molecule has 2 nitrogen and oxygen atoms in total. The van der Waals surface area contributed by atoms with Crippen LogP contribution in [0.4, 0.5) is 0 Å². The molecule has 0 spiro atoms. The van der Waals surface area contributed by atoms with Crippen LogP contribution in [0.15, 0.2) is 122 Å². The number of aromatic nitrogens is 2. The van der Waals surface area contributed by atoms with E-state index in [1.54, 1.807) is 22.7 Å². The zero-order valence-corrected chi connectivity index (χ0v) is 20.9. The van der Waals surface area contributed by atoms with E-state index in [-0.39, 0.29) is 0 Å². The van der Waals surface area contributed by atoms with E-state index in [9.17, 15) is 0 Å². The van der Waals surface area contributed by atoms with Gasteiger partial charge in [-0.25, -0.2) is 9.97 Å². The van der Waals surface area contributed by atoms with Crippen molar-refractivity contribution in [2.75, 3.05) is 0 Å². The van der Waals surface area contributed by atoms with E-state index in [1.807, 2.05) is 24.5 Å². The average Bonchev–Trinajstić information content (AvgIpc) is 3.63. The molecule has 0 atom stereocenters. The monoisotopic (exact) mass is 496 g/mol. The van der Waals surface area contributed by atoms with Gasteiger partial charge in [0.05, 0.1) is 9.75 Å². The van der Waals surface area contributed by atoms with Crippen molar-refractivity contribution in [2.45, 2.75) is 0 Å². The predicted octanol–water partition coefficient (Wildman–Crippen LogP) is 9.57. The van der Waals surface area contributed by atoms with Gasteiger partial charge in [0, 0.05) is 23.5 Å². The Hall–Kier alpha value is -4.12. The Morgan fingerprint density at radius 3 is 1.28 bits per heavy atom. The third-order valence-electron chi connectivity index (χ3n) is 6.42.